The molecule has 1 aliphatic rings. The zero-order valence-corrected chi connectivity index (χ0v) is 20.6. The molecule has 0 fully saturated rings. The number of aliphatic imine (C=N–C) groups is 1. The second-order valence-electron chi connectivity index (χ2n) is 7.56. The van der Waals surface area contributed by atoms with E-state index < -0.39 is 0 Å². The molecule has 0 aromatic heterocycles. The molecule has 176 valence electrons. The quantitative estimate of drug-likeness (QED) is 0.276. The van der Waals surface area contributed by atoms with Crippen molar-refractivity contribution in [2.24, 2.45) is 10.8 Å². The Bertz CT molecular complexity index is 1210. The molecule has 1 heterocycles. The minimum absolute atomic E-state index is 0.0164. The number of amides is 1. The number of ether oxygens (including phenoxy) is 3. The van der Waals surface area contributed by atoms with E-state index in [-0.39, 0.29) is 18.5 Å². The molecule has 0 unspecified atom stereocenters. The molecule has 0 aliphatic carbocycles. The van der Waals surface area contributed by atoms with Gasteiger partial charge in [0.2, 0.25) is 5.75 Å². The van der Waals surface area contributed by atoms with Crippen LogP contribution in [0.15, 0.2) is 70.1 Å². The Morgan fingerprint density at radius 2 is 1.71 bits per heavy atom. The Morgan fingerprint density at radius 1 is 1.03 bits per heavy atom. The highest BCUT2D eigenvalue weighted by Gasteiger charge is 2.34. The van der Waals surface area contributed by atoms with Crippen LogP contribution in [0, 0.1) is 0 Å². The first-order valence-electron chi connectivity index (χ1n) is 10.5. The minimum atomic E-state index is -0.348. The normalized spacial score (nSPS) is 14.7. The van der Waals surface area contributed by atoms with Gasteiger partial charge in [-0.05, 0) is 35.9 Å². The van der Waals surface area contributed by atoms with Crippen LogP contribution in [0.5, 0.6) is 17.2 Å². The molecule has 0 spiro atoms. The molecule has 3 aromatic carbocycles. The molecule has 0 bridgehead atoms. The highest BCUT2D eigenvalue weighted by atomic mass is 79.9. The van der Waals surface area contributed by atoms with Gasteiger partial charge in [0.05, 0.1) is 33.1 Å². The van der Waals surface area contributed by atoms with Crippen molar-refractivity contribution in [3.05, 3.63) is 81.8 Å². The van der Waals surface area contributed by atoms with E-state index in [1.807, 2.05) is 65.6 Å². The van der Waals surface area contributed by atoms with E-state index >= 15 is 0 Å². The number of amidine groups is 1. The Balaban J connectivity index is 1.98. The zero-order valence-electron chi connectivity index (χ0n) is 19.0. The standard InChI is InChI=1S/C25H25BrN4O4/c1-32-20-11-16(12-21(33-2)24(20)34-3)25-28-19-10-9-17(26)13-18(19)23(15-7-5-4-6-8-15)30(25)14-22(31)29-27/h4-13,23H,14,27H2,1-3H3,(H,29,31)/t23-/m0/s1. The van der Waals surface area contributed by atoms with Crippen LogP contribution in [0.1, 0.15) is 22.7 Å². The maximum Gasteiger partial charge on any atom is 0.253 e. The number of fused-ring (bicyclic) bond motifs is 1. The summed E-state index contributed by atoms with van der Waals surface area (Å²) >= 11 is 3.58. The predicted molar refractivity (Wildman–Crippen MR) is 134 cm³/mol. The summed E-state index contributed by atoms with van der Waals surface area (Å²) in [6.45, 7) is -0.0164. The largest absolute Gasteiger partial charge is 0.493 e. The van der Waals surface area contributed by atoms with Crippen LogP contribution in [0.3, 0.4) is 0 Å². The van der Waals surface area contributed by atoms with Gasteiger partial charge in [0.25, 0.3) is 5.91 Å². The van der Waals surface area contributed by atoms with Crippen LogP contribution < -0.4 is 25.5 Å². The fourth-order valence-corrected chi connectivity index (χ4v) is 4.50. The number of nitrogens with one attached hydrogen (secondary N) is 1. The van der Waals surface area contributed by atoms with Crippen molar-refractivity contribution in [1.82, 2.24) is 10.3 Å². The third-order valence-electron chi connectivity index (χ3n) is 5.61. The maximum atomic E-state index is 12.5. The summed E-state index contributed by atoms with van der Waals surface area (Å²) in [6.07, 6.45) is 0. The Morgan fingerprint density at radius 3 is 2.29 bits per heavy atom. The van der Waals surface area contributed by atoms with Gasteiger partial charge in [0.15, 0.2) is 11.5 Å². The number of carbonyl (C=O) groups is 1. The van der Waals surface area contributed by atoms with Gasteiger partial charge in [-0.2, -0.15) is 0 Å². The molecule has 4 rings (SSSR count). The average Bonchev–Trinajstić information content (AvgIpc) is 2.87. The molecule has 3 N–H and O–H groups in total. The van der Waals surface area contributed by atoms with E-state index in [9.17, 15) is 4.79 Å². The van der Waals surface area contributed by atoms with Crippen LogP contribution in [-0.4, -0.2) is 44.5 Å². The third kappa shape index (κ3) is 4.44. The fraction of sp³-hybridized carbons (Fsp3) is 0.200. The predicted octanol–water partition coefficient (Wildman–Crippen LogP) is 3.95. The number of hydrazine groups is 1. The van der Waals surface area contributed by atoms with Gasteiger partial charge in [0, 0.05) is 15.6 Å². The number of hydrogen-bond acceptors (Lipinski definition) is 7. The van der Waals surface area contributed by atoms with Crippen LogP contribution >= 0.6 is 15.9 Å². The van der Waals surface area contributed by atoms with Gasteiger partial charge >= 0.3 is 0 Å². The fourth-order valence-electron chi connectivity index (χ4n) is 4.12. The summed E-state index contributed by atoms with van der Waals surface area (Å²) in [4.78, 5) is 19.4. The van der Waals surface area contributed by atoms with Crippen molar-refractivity contribution >= 4 is 33.4 Å². The smallest absolute Gasteiger partial charge is 0.253 e. The van der Waals surface area contributed by atoms with Gasteiger partial charge < -0.3 is 19.1 Å². The maximum absolute atomic E-state index is 12.5. The molecule has 3 aromatic rings. The molecular formula is C25H25BrN4O4. The number of nitrogens with zero attached hydrogens (tertiary/aromatic N) is 2. The van der Waals surface area contributed by atoms with Crippen LogP contribution in [0.25, 0.3) is 0 Å². The topological polar surface area (TPSA) is 98.4 Å². The molecule has 1 aliphatic heterocycles. The minimum Gasteiger partial charge on any atom is -0.493 e. The second kappa shape index (κ2) is 10.1. The lowest BCUT2D eigenvalue weighted by Gasteiger charge is -2.38. The second-order valence-corrected chi connectivity index (χ2v) is 8.48. The van der Waals surface area contributed by atoms with Crippen molar-refractivity contribution in [3.63, 3.8) is 0 Å². The zero-order chi connectivity index (χ0) is 24.2. The Kier molecular flexibility index (Phi) is 7.04. The van der Waals surface area contributed by atoms with Gasteiger partial charge in [-0.1, -0.05) is 46.3 Å². The van der Waals surface area contributed by atoms with Gasteiger partial charge in [-0.15, -0.1) is 0 Å². The molecule has 34 heavy (non-hydrogen) atoms. The number of rotatable bonds is 7. The molecule has 1 amide bonds. The summed E-state index contributed by atoms with van der Waals surface area (Å²) in [5.74, 6) is 7.15. The molecule has 0 saturated heterocycles. The summed E-state index contributed by atoms with van der Waals surface area (Å²) < 4.78 is 17.5. The van der Waals surface area contributed by atoms with E-state index in [1.165, 1.54) is 0 Å². The number of benzene rings is 3. The summed E-state index contributed by atoms with van der Waals surface area (Å²) in [7, 11) is 4.67. The van der Waals surface area contributed by atoms with Crippen molar-refractivity contribution in [2.75, 3.05) is 27.9 Å². The first-order valence-corrected chi connectivity index (χ1v) is 11.3. The molecule has 0 saturated carbocycles. The lowest BCUT2D eigenvalue weighted by Crippen LogP contribution is -2.46. The van der Waals surface area contributed by atoms with E-state index in [1.54, 1.807) is 21.3 Å². The highest BCUT2D eigenvalue weighted by molar-refractivity contribution is 9.10. The van der Waals surface area contributed by atoms with Crippen molar-refractivity contribution in [1.29, 1.82) is 0 Å². The number of carbonyl (C=O) groups excluding carboxylic acids is 1. The van der Waals surface area contributed by atoms with E-state index in [4.69, 9.17) is 25.0 Å². The van der Waals surface area contributed by atoms with Crippen LogP contribution in [0.2, 0.25) is 0 Å². The summed E-state index contributed by atoms with van der Waals surface area (Å²) in [5, 5.41) is 0. The Labute approximate surface area is 206 Å². The molecule has 0 radical (unpaired) electrons. The van der Waals surface area contributed by atoms with Crippen LogP contribution in [-0.2, 0) is 4.79 Å². The SMILES string of the molecule is COc1cc(C2=Nc3ccc(Br)cc3[C@H](c3ccccc3)N2CC(=O)NN)cc(OC)c1OC. The van der Waals surface area contributed by atoms with E-state index in [0.29, 0.717) is 28.6 Å². The van der Waals surface area contributed by atoms with Gasteiger partial charge in [-0.25, -0.2) is 10.8 Å². The molecule has 9 heteroatoms. The highest BCUT2D eigenvalue weighted by Crippen LogP contribution is 2.44. The van der Waals surface area contributed by atoms with Crippen molar-refractivity contribution < 1.29 is 19.0 Å². The monoisotopic (exact) mass is 524 g/mol. The number of hydrogen-bond donors (Lipinski definition) is 2. The van der Waals surface area contributed by atoms with Gasteiger partial charge in [-0.3, -0.25) is 10.2 Å². The first-order chi connectivity index (χ1) is 16.5. The lowest BCUT2D eigenvalue weighted by molar-refractivity contribution is -0.121. The number of nitrogens with two attached hydrogens (primary N) is 1. The number of halogens is 1. The summed E-state index contributed by atoms with van der Waals surface area (Å²) in [6, 6.07) is 19.2. The Hall–Kier alpha value is -3.56. The van der Waals surface area contributed by atoms with Crippen molar-refractivity contribution in [2.45, 2.75) is 6.04 Å². The average molecular weight is 525 g/mol. The molecular weight excluding hydrogens is 500 g/mol. The van der Waals surface area contributed by atoms with E-state index in [0.717, 1.165) is 21.3 Å². The molecule has 1 atom stereocenters. The van der Waals surface area contributed by atoms with E-state index in [2.05, 4.69) is 21.4 Å². The lowest BCUT2D eigenvalue weighted by atomic mass is 9.92. The first kappa shape index (κ1) is 23.6. The van der Waals surface area contributed by atoms with Gasteiger partial charge in [0.1, 0.15) is 12.4 Å². The molecule has 8 nitrogen and oxygen atoms in total. The summed E-state index contributed by atoms with van der Waals surface area (Å²) in [5.41, 5.74) is 5.71. The third-order valence-corrected chi connectivity index (χ3v) is 6.10. The van der Waals surface area contributed by atoms with Crippen LogP contribution in [0.4, 0.5) is 5.69 Å². The number of methoxy groups -OCH3 is 3. The van der Waals surface area contributed by atoms with Crippen molar-refractivity contribution in [3.8, 4) is 17.2 Å².